The Morgan fingerprint density at radius 1 is 1.23 bits per heavy atom. The molecular weight excluding hydrogens is 332 g/mol. The smallest absolute Gasteiger partial charge is 0.244 e. The highest BCUT2D eigenvalue weighted by atomic mass is 16.5. The van der Waals surface area contributed by atoms with Crippen LogP contribution in [0, 0.1) is 0 Å². The van der Waals surface area contributed by atoms with Gasteiger partial charge in [-0.15, -0.1) is 0 Å². The number of likely N-dealkylation sites (tertiary alicyclic amines) is 1. The number of carbonyl (C=O) groups is 1. The van der Waals surface area contributed by atoms with E-state index in [9.17, 15) is 4.79 Å². The maximum Gasteiger partial charge on any atom is 0.244 e. The first kappa shape index (κ1) is 19.9. The molecule has 1 heterocycles. The number of amides is 1. The zero-order valence-electron chi connectivity index (χ0n) is 15.8. The molecule has 0 spiro atoms. The van der Waals surface area contributed by atoms with Gasteiger partial charge in [-0.05, 0) is 38.3 Å². The van der Waals surface area contributed by atoms with Crippen LogP contribution in [0.15, 0.2) is 29.3 Å². The van der Waals surface area contributed by atoms with Crippen molar-refractivity contribution in [3.63, 3.8) is 0 Å². The van der Waals surface area contributed by atoms with Gasteiger partial charge in [-0.2, -0.15) is 0 Å². The van der Waals surface area contributed by atoms with Crippen LogP contribution in [0.25, 0.3) is 0 Å². The van der Waals surface area contributed by atoms with Crippen LogP contribution in [0.5, 0.6) is 11.5 Å². The lowest BCUT2D eigenvalue weighted by atomic mass is 10.3. The Labute approximate surface area is 155 Å². The van der Waals surface area contributed by atoms with Gasteiger partial charge in [0.25, 0.3) is 0 Å². The van der Waals surface area contributed by atoms with Crippen molar-refractivity contribution in [1.29, 1.82) is 0 Å². The molecule has 1 fully saturated rings. The summed E-state index contributed by atoms with van der Waals surface area (Å²) in [5, 5.41) is 6.40. The number of hydrogen-bond acceptors (Lipinski definition) is 4. The second-order valence-corrected chi connectivity index (χ2v) is 6.09. The molecule has 1 aliphatic rings. The van der Waals surface area contributed by atoms with E-state index in [1.165, 1.54) is 0 Å². The lowest BCUT2D eigenvalue weighted by molar-refractivity contribution is -0.128. The summed E-state index contributed by atoms with van der Waals surface area (Å²) < 4.78 is 10.9. The van der Waals surface area contributed by atoms with Gasteiger partial charge in [0.05, 0.1) is 13.7 Å². The van der Waals surface area contributed by atoms with Crippen molar-refractivity contribution in [3.05, 3.63) is 24.3 Å². The largest absolute Gasteiger partial charge is 0.497 e. The topological polar surface area (TPSA) is 75.2 Å². The Hall–Kier alpha value is -2.44. The second kappa shape index (κ2) is 11.2. The molecule has 7 nitrogen and oxygen atoms in total. The van der Waals surface area contributed by atoms with Crippen LogP contribution in [-0.2, 0) is 4.79 Å². The van der Waals surface area contributed by atoms with Crippen LogP contribution < -0.4 is 20.1 Å². The summed E-state index contributed by atoms with van der Waals surface area (Å²) in [5.41, 5.74) is 0. The summed E-state index contributed by atoms with van der Waals surface area (Å²) in [6.45, 7) is 5.98. The van der Waals surface area contributed by atoms with Gasteiger partial charge in [-0.1, -0.05) is 6.07 Å². The molecule has 1 amide bonds. The zero-order valence-corrected chi connectivity index (χ0v) is 15.8. The van der Waals surface area contributed by atoms with Crippen LogP contribution in [-0.4, -0.2) is 63.2 Å². The van der Waals surface area contributed by atoms with Crippen LogP contribution in [0.3, 0.4) is 0 Å². The van der Waals surface area contributed by atoms with Gasteiger partial charge < -0.3 is 25.0 Å². The molecule has 1 saturated heterocycles. The Morgan fingerprint density at radius 3 is 2.73 bits per heavy atom. The van der Waals surface area contributed by atoms with Gasteiger partial charge in [-0.3, -0.25) is 4.79 Å². The quantitative estimate of drug-likeness (QED) is 0.397. The first-order valence-electron chi connectivity index (χ1n) is 9.29. The Balaban J connectivity index is 1.68. The maximum atomic E-state index is 12.1. The number of aliphatic imine (C=N–C) groups is 1. The molecule has 0 saturated carbocycles. The fourth-order valence-corrected chi connectivity index (χ4v) is 2.71. The third-order valence-corrected chi connectivity index (χ3v) is 4.10. The van der Waals surface area contributed by atoms with Crippen LogP contribution in [0.4, 0.5) is 0 Å². The third kappa shape index (κ3) is 6.82. The van der Waals surface area contributed by atoms with Crippen molar-refractivity contribution in [2.24, 2.45) is 4.99 Å². The molecule has 26 heavy (non-hydrogen) atoms. The average molecular weight is 362 g/mol. The Bertz CT molecular complexity index is 586. The molecule has 0 unspecified atom stereocenters. The average Bonchev–Trinajstić information content (AvgIpc) is 3.20. The minimum atomic E-state index is 0.0982. The maximum absolute atomic E-state index is 12.1. The fraction of sp³-hybridized carbons (Fsp3) is 0.579. The number of methoxy groups -OCH3 is 1. The van der Waals surface area contributed by atoms with E-state index in [0.717, 1.165) is 50.4 Å². The van der Waals surface area contributed by atoms with E-state index in [4.69, 9.17) is 9.47 Å². The summed E-state index contributed by atoms with van der Waals surface area (Å²) in [7, 11) is 1.64. The summed E-state index contributed by atoms with van der Waals surface area (Å²) in [5.74, 6) is 2.34. The minimum absolute atomic E-state index is 0.0982. The van der Waals surface area contributed by atoms with E-state index in [-0.39, 0.29) is 12.5 Å². The monoisotopic (exact) mass is 362 g/mol. The van der Waals surface area contributed by atoms with Crippen molar-refractivity contribution in [2.75, 3.05) is 46.4 Å². The number of ether oxygens (including phenoxy) is 2. The van der Waals surface area contributed by atoms with E-state index in [1.54, 1.807) is 7.11 Å². The van der Waals surface area contributed by atoms with E-state index >= 15 is 0 Å². The summed E-state index contributed by atoms with van der Waals surface area (Å²) in [6.07, 6.45) is 3.02. The fourth-order valence-electron chi connectivity index (χ4n) is 2.71. The highest BCUT2D eigenvalue weighted by molar-refractivity contribution is 5.85. The number of carbonyl (C=O) groups excluding carboxylic acids is 1. The Morgan fingerprint density at radius 2 is 2.00 bits per heavy atom. The van der Waals surface area contributed by atoms with Crippen LogP contribution in [0.2, 0.25) is 0 Å². The molecule has 0 atom stereocenters. The van der Waals surface area contributed by atoms with Gasteiger partial charge in [-0.25, -0.2) is 4.99 Å². The molecule has 1 aromatic rings. The molecule has 0 bridgehead atoms. The normalized spacial score (nSPS) is 14.2. The van der Waals surface area contributed by atoms with Gasteiger partial charge in [0, 0.05) is 32.2 Å². The van der Waals surface area contributed by atoms with Gasteiger partial charge in [0.1, 0.15) is 18.0 Å². The summed E-state index contributed by atoms with van der Waals surface area (Å²) in [4.78, 5) is 18.3. The molecule has 2 N–H and O–H groups in total. The molecule has 1 aliphatic heterocycles. The van der Waals surface area contributed by atoms with Gasteiger partial charge >= 0.3 is 0 Å². The van der Waals surface area contributed by atoms with E-state index < -0.39 is 0 Å². The molecular formula is C19H30N4O3. The molecule has 7 heteroatoms. The van der Waals surface area contributed by atoms with Crippen molar-refractivity contribution in [2.45, 2.75) is 26.2 Å². The first-order chi connectivity index (χ1) is 12.7. The molecule has 0 aromatic heterocycles. The molecule has 0 aliphatic carbocycles. The second-order valence-electron chi connectivity index (χ2n) is 6.09. The lowest BCUT2D eigenvalue weighted by Crippen LogP contribution is -2.39. The number of rotatable bonds is 9. The zero-order chi connectivity index (χ0) is 18.6. The van der Waals surface area contributed by atoms with E-state index in [1.807, 2.05) is 36.1 Å². The number of hydrogen-bond donors (Lipinski definition) is 2. The van der Waals surface area contributed by atoms with Crippen molar-refractivity contribution in [3.8, 4) is 11.5 Å². The third-order valence-electron chi connectivity index (χ3n) is 4.10. The summed E-state index contributed by atoms with van der Waals surface area (Å²) >= 11 is 0. The highest BCUT2D eigenvalue weighted by Crippen LogP contribution is 2.18. The Kier molecular flexibility index (Phi) is 8.59. The van der Waals surface area contributed by atoms with Crippen LogP contribution in [0.1, 0.15) is 26.2 Å². The van der Waals surface area contributed by atoms with Crippen molar-refractivity contribution < 1.29 is 14.3 Å². The number of nitrogens with zero attached hydrogens (tertiary/aromatic N) is 2. The summed E-state index contributed by atoms with van der Waals surface area (Å²) in [6, 6.07) is 7.56. The van der Waals surface area contributed by atoms with E-state index in [0.29, 0.717) is 19.1 Å². The first-order valence-corrected chi connectivity index (χ1v) is 9.29. The molecule has 0 radical (unpaired) electrons. The molecule has 2 rings (SSSR count). The van der Waals surface area contributed by atoms with Crippen molar-refractivity contribution in [1.82, 2.24) is 15.5 Å². The highest BCUT2D eigenvalue weighted by Gasteiger charge is 2.17. The SMILES string of the molecule is CCNC(=NCC(=O)N1CCCC1)NCCCOc1cccc(OC)c1. The van der Waals surface area contributed by atoms with Crippen molar-refractivity contribution >= 4 is 11.9 Å². The molecule has 1 aromatic carbocycles. The number of benzene rings is 1. The predicted octanol–water partition coefficient (Wildman–Crippen LogP) is 1.64. The lowest BCUT2D eigenvalue weighted by Gasteiger charge is -2.15. The minimum Gasteiger partial charge on any atom is -0.497 e. The number of guanidine groups is 1. The van der Waals surface area contributed by atoms with Gasteiger partial charge in [0.2, 0.25) is 5.91 Å². The molecule has 144 valence electrons. The van der Waals surface area contributed by atoms with E-state index in [2.05, 4.69) is 15.6 Å². The predicted molar refractivity (Wildman–Crippen MR) is 103 cm³/mol. The number of nitrogens with one attached hydrogen (secondary N) is 2. The standard InChI is InChI=1S/C19H30N4O3/c1-3-20-19(22-15-18(24)23-11-4-5-12-23)21-10-7-13-26-17-9-6-8-16(14-17)25-2/h6,8-9,14H,3-5,7,10-13,15H2,1-2H3,(H2,20,21,22). The van der Waals surface area contributed by atoms with Crippen LogP contribution >= 0.6 is 0 Å². The van der Waals surface area contributed by atoms with Gasteiger partial charge in [0.15, 0.2) is 5.96 Å².